The number of ether oxygens (including phenoxy) is 2. The monoisotopic (exact) mass is 635 g/mol. The van der Waals surface area contributed by atoms with Gasteiger partial charge in [0.1, 0.15) is 24.1 Å². The van der Waals surface area contributed by atoms with Crippen molar-refractivity contribution in [3.05, 3.63) is 87.9 Å². The molecule has 0 saturated carbocycles. The number of hydrogen-bond donors (Lipinski definition) is 1. The summed E-state index contributed by atoms with van der Waals surface area (Å²) in [7, 11) is -1.12. The minimum absolute atomic E-state index is 0.0742. The molecule has 0 bridgehead atoms. The number of amides is 2. The zero-order valence-electron chi connectivity index (χ0n) is 24.1. The van der Waals surface area contributed by atoms with Crippen LogP contribution in [0.5, 0.6) is 11.5 Å². The minimum atomic E-state index is -3.99. The number of halogens is 2. The molecule has 0 aromatic heterocycles. The molecule has 42 heavy (non-hydrogen) atoms. The van der Waals surface area contributed by atoms with Gasteiger partial charge in [0.15, 0.2) is 0 Å². The zero-order valence-corrected chi connectivity index (χ0v) is 26.5. The number of nitrogens with one attached hydrogen (secondary N) is 1. The molecule has 0 aliphatic heterocycles. The van der Waals surface area contributed by atoms with Crippen molar-refractivity contribution in [3.8, 4) is 11.5 Å². The van der Waals surface area contributed by atoms with Crippen molar-refractivity contribution in [1.29, 1.82) is 0 Å². The first kappa shape index (κ1) is 33.0. The molecule has 9 nitrogen and oxygen atoms in total. The molecular weight excluding hydrogens is 601 g/mol. The second-order valence-corrected chi connectivity index (χ2v) is 12.7. The highest BCUT2D eigenvalue weighted by Crippen LogP contribution is 2.34. The molecule has 1 N–H and O–H groups in total. The van der Waals surface area contributed by atoms with Crippen LogP contribution < -0.4 is 19.1 Å². The summed E-state index contributed by atoms with van der Waals surface area (Å²) in [5.41, 5.74) is 1.50. The van der Waals surface area contributed by atoms with Crippen LogP contribution in [0, 0.1) is 0 Å². The van der Waals surface area contributed by atoms with E-state index in [1.165, 1.54) is 31.3 Å². The maximum atomic E-state index is 14.2. The van der Waals surface area contributed by atoms with E-state index in [4.69, 9.17) is 32.7 Å². The van der Waals surface area contributed by atoms with Crippen molar-refractivity contribution < 1.29 is 27.5 Å². The summed E-state index contributed by atoms with van der Waals surface area (Å²) >= 11 is 12.6. The summed E-state index contributed by atoms with van der Waals surface area (Å²) in [5.74, 6) is -0.370. The Hall–Kier alpha value is -3.47. The molecule has 0 spiro atoms. The summed E-state index contributed by atoms with van der Waals surface area (Å²) in [6.07, 6.45) is 1.18. The van der Waals surface area contributed by atoms with Gasteiger partial charge in [-0.2, -0.15) is 0 Å². The average Bonchev–Trinajstić information content (AvgIpc) is 2.93. The van der Waals surface area contributed by atoms with E-state index in [0.29, 0.717) is 21.4 Å². The molecule has 0 fully saturated rings. The first-order chi connectivity index (χ1) is 19.8. The van der Waals surface area contributed by atoms with E-state index < -0.39 is 28.5 Å². The van der Waals surface area contributed by atoms with Crippen molar-refractivity contribution in [1.82, 2.24) is 10.2 Å². The Morgan fingerprint density at radius 1 is 0.952 bits per heavy atom. The highest BCUT2D eigenvalue weighted by Gasteiger charge is 2.34. The van der Waals surface area contributed by atoms with Crippen molar-refractivity contribution >= 4 is 50.7 Å². The maximum absolute atomic E-state index is 14.2. The van der Waals surface area contributed by atoms with Crippen LogP contribution in [0.1, 0.15) is 25.0 Å². The Bertz CT molecular complexity index is 1500. The van der Waals surface area contributed by atoms with Crippen molar-refractivity contribution in [2.24, 2.45) is 0 Å². The van der Waals surface area contributed by atoms with Gasteiger partial charge >= 0.3 is 0 Å². The quantitative estimate of drug-likeness (QED) is 0.285. The van der Waals surface area contributed by atoms with E-state index in [9.17, 15) is 18.0 Å². The van der Waals surface area contributed by atoms with Gasteiger partial charge in [0, 0.05) is 35.1 Å². The fourth-order valence-electron chi connectivity index (χ4n) is 4.35. The van der Waals surface area contributed by atoms with E-state index in [2.05, 4.69) is 5.32 Å². The van der Waals surface area contributed by atoms with Crippen molar-refractivity contribution in [2.75, 3.05) is 31.3 Å². The molecule has 1 atom stereocenters. The molecular formula is C30H35Cl2N3O6S. The van der Waals surface area contributed by atoms with Crippen LogP contribution in [0.15, 0.2) is 66.7 Å². The van der Waals surface area contributed by atoms with E-state index >= 15 is 0 Å². The largest absolute Gasteiger partial charge is 0.497 e. The number of benzene rings is 3. The topological polar surface area (TPSA) is 105 Å². The number of sulfonamides is 1. The molecule has 0 heterocycles. The zero-order chi connectivity index (χ0) is 31.0. The Balaban J connectivity index is 2.12. The normalized spacial score (nSPS) is 12.0. The van der Waals surface area contributed by atoms with E-state index in [0.717, 1.165) is 16.1 Å². The summed E-state index contributed by atoms with van der Waals surface area (Å²) in [6.45, 7) is 2.96. The van der Waals surface area contributed by atoms with Crippen LogP contribution in [0.25, 0.3) is 0 Å². The lowest BCUT2D eigenvalue weighted by molar-refractivity contribution is -0.140. The molecule has 0 unspecified atom stereocenters. The Morgan fingerprint density at radius 3 is 2.21 bits per heavy atom. The predicted octanol–water partition coefficient (Wildman–Crippen LogP) is 4.94. The third kappa shape index (κ3) is 8.77. The standard InChI is InChI=1S/C30H35Cl2N3O6S/c1-20(2)33-30(37)27(15-21-9-7-6-8-10-21)34(18-22-11-12-23(31)16-25(22)32)29(36)19-35(42(5,38)39)26-14-13-24(40-3)17-28(26)41-4/h6-14,16-17,20,27H,15,18-19H2,1-5H3,(H,33,37)/t27-/m1/s1. The van der Waals surface area contributed by atoms with Gasteiger partial charge in [-0.25, -0.2) is 8.42 Å². The van der Waals surface area contributed by atoms with Gasteiger partial charge in [0.2, 0.25) is 21.8 Å². The average molecular weight is 637 g/mol. The Morgan fingerprint density at radius 2 is 1.64 bits per heavy atom. The maximum Gasteiger partial charge on any atom is 0.244 e. The molecule has 0 aliphatic carbocycles. The van der Waals surface area contributed by atoms with Gasteiger partial charge in [-0.05, 0) is 49.2 Å². The van der Waals surface area contributed by atoms with Gasteiger partial charge in [0.05, 0.1) is 26.2 Å². The fourth-order valence-corrected chi connectivity index (χ4v) is 5.68. The number of hydrogen-bond acceptors (Lipinski definition) is 6. The lowest BCUT2D eigenvalue weighted by Gasteiger charge is -2.34. The molecule has 0 aliphatic rings. The SMILES string of the molecule is COc1ccc(N(CC(=O)N(Cc2ccc(Cl)cc2Cl)[C@H](Cc2ccccc2)C(=O)NC(C)C)S(C)(=O)=O)c(OC)c1. The Labute approximate surface area is 257 Å². The molecule has 2 amide bonds. The van der Waals surface area contributed by atoms with Crippen molar-refractivity contribution in [3.63, 3.8) is 0 Å². The molecule has 226 valence electrons. The number of anilines is 1. The molecule has 0 radical (unpaired) electrons. The third-order valence-electron chi connectivity index (χ3n) is 6.39. The van der Waals surface area contributed by atoms with E-state index in [1.54, 1.807) is 24.3 Å². The van der Waals surface area contributed by atoms with Crippen LogP contribution >= 0.6 is 23.2 Å². The number of nitrogens with zero attached hydrogens (tertiary/aromatic N) is 2. The summed E-state index contributed by atoms with van der Waals surface area (Å²) in [5, 5.41) is 3.62. The van der Waals surface area contributed by atoms with Gasteiger partial charge < -0.3 is 19.7 Å². The lowest BCUT2D eigenvalue weighted by atomic mass is 10.0. The Kier molecular flexibility index (Phi) is 11.5. The predicted molar refractivity (Wildman–Crippen MR) is 166 cm³/mol. The highest BCUT2D eigenvalue weighted by atomic mass is 35.5. The molecule has 0 saturated heterocycles. The fraction of sp³-hybridized carbons (Fsp3) is 0.333. The molecule has 12 heteroatoms. The van der Waals surface area contributed by atoms with Crippen LogP contribution in [-0.4, -0.2) is 64.2 Å². The lowest BCUT2D eigenvalue weighted by Crippen LogP contribution is -2.54. The summed E-state index contributed by atoms with van der Waals surface area (Å²) < 4.78 is 37.7. The van der Waals surface area contributed by atoms with Crippen LogP contribution in [0.2, 0.25) is 10.0 Å². The number of carbonyl (C=O) groups excluding carboxylic acids is 2. The second kappa shape index (κ2) is 14.6. The number of carbonyl (C=O) groups is 2. The van der Waals surface area contributed by atoms with Gasteiger partial charge in [0.25, 0.3) is 0 Å². The van der Waals surface area contributed by atoms with Crippen LogP contribution in [0.4, 0.5) is 5.69 Å². The third-order valence-corrected chi connectivity index (χ3v) is 8.11. The van der Waals surface area contributed by atoms with Gasteiger partial charge in [-0.3, -0.25) is 13.9 Å². The molecule has 3 aromatic rings. The smallest absolute Gasteiger partial charge is 0.244 e. The van der Waals surface area contributed by atoms with Gasteiger partial charge in [-0.1, -0.05) is 59.6 Å². The minimum Gasteiger partial charge on any atom is -0.497 e. The summed E-state index contributed by atoms with van der Waals surface area (Å²) in [6, 6.07) is 17.5. The van der Waals surface area contributed by atoms with Crippen LogP contribution in [-0.2, 0) is 32.6 Å². The highest BCUT2D eigenvalue weighted by molar-refractivity contribution is 7.92. The number of rotatable bonds is 13. The second-order valence-electron chi connectivity index (χ2n) is 9.93. The summed E-state index contributed by atoms with van der Waals surface area (Å²) in [4.78, 5) is 29.2. The van der Waals surface area contributed by atoms with Crippen molar-refractivity contribution in [2.45, 2.75) is 38.9 Å². The first-order valence-corrected chi connectivity index (χ1v) is 15.7. The molecule has 3 rings (SSSR count). The van der Waals surface area contributed by atoms with Gasteiger partial charge in [-0.15, -0.1) is 0 Å². The van der Waals surface area contributed by atoms with E-state index in [-0.39, 0.29) is 36.4 Å². The van der Waals surface area contributed by atoms with Crippen LogP contribution in [0.3, 0.4) is 0 Å². The van der Waals surface area contributed by atoms with E-state index in [1.807, 2.05) is 44.2 Å². The number of methoxy groups -OCH3 is 2. The first-order valence-electron chi connectivity index (χ1n) is 13.1. The molecule has 3 aromatic carbocycles.